The average Bonchev–Trinajstić information content (AvgIpc) is 2.46. The van der Waals surface area contributed by atoms with Crippen LogP contribution in [0.2, 0.25) is 0 Å². The van der Waals surface area contributed by atoms with Gasteiger partial charge in [-0.25, -0.2) is 4.79 Å². The SMILES string of the molecule is COc1cccc(CC(NC(C)=O)C(=O)O)c1OCCC(C)C. The number of nitrogens with one attached hydrogen (secondary N) is 1. The number of carbonyl (C=O) groups excluding carboxylic acids is 1. The Labute approximate surface area is 136 Å². The van der Waals surface area contributed by atoms with Crippen molar-refractivity contribution < 1.29 is 24.2 Å². The van der Waals surface area contributed by atoms with Crippen molar-refractivity contribution in [2.24, 2.45) is 5.92 Å². The molecule has 128 valence electrons. The number of rotatable bonds is 9. The largest absolute Gasteiger partial charge is 0.493 e. The lowest BCUT2D eigenvalue weighted by atomic mass is 10.0. The van der Waals surface area contributed by atoms with Crippen LogP contribution in [0.15, 0.2) is 18.2 Å². The smallest absolute Gasteiger partial charge is 0.326 e. The Morgan fingerprint density at radius 3 is 2.52 bits per heavy atom. The van der Waals surface area contributed by atoms with E-state index in [-0.39, 0.29) is 12.3 Å². The molecule has 0 aliphatic heterocycles. The van der Waals surface area contributed by atoms with Gasteiger partial charge in [-0.3, -0.25) is 4.79 Å². The molecule has 1 aromatic rings. The molecule has 0 heterocycles. The second-order valence-corrected chi connectivity index (χ2v) is 5.77. The Morgan fingerprint density at radius 2 is 2.00 bits per heavy atom. The third kappa shape index (κ3) is 6.18. The molecule has 6 nitrogen and oxygen atoms in total. The standard InChI is InChI=1S/C17H25NO5/c1-11(2)8-9-23-16-13(6-5-7-15(16)22-4)10-14(17(20)21)18-12(3)19/h5-7,11,14H,8-10H2,1-4H3,(H,18,19)(H,20,21). The van der Waals surface area contributed by atoms with Gasteiger partial charge in [0.15, 0.2) is 11.5 Å². The van der Waals surface area contributed by atoms with Crippen molar-refractivity contribution >= 4 is 11.9 Å². The van der Waals surface area contributed by atoms with Crippen molar-refractivity contribution in [3.8, 4) is 11.5 Å². The summed E-state index contributed by atoms with van der Waals surface area (Å²) in [4.78, 5) is 22.5. The first kappa shape index (κ1) is 18.8. The van der Waals surface area contributed by atoms with Gasteiger partial charge in [-0.2, -0.15) is 0 Å². The minimum atomic E-state index is -1.09. The molecule has 0 saturated heterocycles. The van der Waals surface area contributed by atoms with E-state index in [1.807, 2.05) is 0 Å². The number of carbonyl (C=O) groups is 2. The summed E-state index contributed by atoms with van der Waals surface area (Å²) in [5.41, 5.74) is 0.689. The fraction of sp³-hybridized carbons (Fsp3) is 0.529. The zero-order chi connectivity index (χ0) is 17.4. The van der Waals surface area contributed by atoms with Gasteiger partial charge in [0.2, 0.25) is 5.91 Å². The number of benzene rings is 1. The van der Waals surface area contributed by atoms with Gasteiger partial charge in [-0.05, 0) is 18.4 Å². The maximum Gasteiger partial charge on any atom is 0.326 e. The molecule has 0 saturated carbocycles. The van der Waals surface area contributed by atoms with Crippen LogP contribution < -0.4 is 14.8 Å². The van der Waals surface area contributed by atoms with Gasteiger partial charge in [-0.15, -0.1) is 0 Å². The van der Waals surface area contributed by atoms with Crippen molar-refractivity contribution in [2.45, 2.75) is 39.7 Å². The first-order valence-electron chi connectivity index (χ1n) is 7.63. The molecule has 1 amide bonds. The number of ether oxygens (including phenoxy) is 2. The molecule has 1 rings (SSSR count). The molecule has 2 N–H and O–H groups in total. The normalized spacial score (nSPS) is 11.9. The van der Waals surface area contributed by atoms with Gasteiger partial charge in [0.05, 0.1) is 13.7 Å². The highest BCUT2D eigenvalue weighted by atomic mass is 16.5. The molecule has 0 spiro atoms. The quantitative estimate of drug-likeness (QED) is 0.728. The van der Waals surface area contributed by atoms with Gasteiger partial charge >= 0.3 is 5.97 Å². The summed E-state index contributed by atoms with van der Waals surface area (Å²) >= 11 is 0. The number of hydrogen-bond acceptors (Lipinski definition) is 4. The van der Waals surface area contributed by atoms with Crippen LogP contribution in [-0.4, -0.2) is 36.7 Å². The van der Waals surface area contributed by atoms with E-state index in [9.17, 15) is 14.7 Å². The van der Waals surface area contributed by atoms with E-state index in [0.717, 1.165) is 6.42 Å². The lowest BCUT2D eigenvalue weighted by molar-refractivity contribution is -0.141. The number of carboxylic acid groups (broad SMARTS) is 1. The van der Waals surface area contributed by atoms with Crippen molar-refractivity contribution in [3.05, 3.63) is 23.8 Å². The van der Waals surface area contributed by atoms with E-state index >= 15 is 0 Å². The zero-order valence-electron chi connectivity index (χ0n) is 14.1. The number of methoxy groups -OCH3 is 1. The van der Waals surface area contributed by atoms with Crippen LogP contribution in [0.4, 0.5) is 0 Å². The van der Waals surface area contributed by atoms with Crippen LogP contribution in [0, 0.1) is 5.92 Å². The first-order chi connectivity index (χ1) is 10.8. The highest BCUT2D eigenvalue weighted by molar-refractivity contribution is 5.82. The van der Waals surface area contributed by atoms with Crippen LogP contribution in [0.25, 0.3) is 0 Å². The van der Waals surface area contributed by atoms with E-state index in [4.69, 9.17) is 9.47 Å². The molecule has 0 radical (unpaired) electrons. The zero-order valence-corrected chi connectivity index (χ0v) is 14.1. The van der Waals surface area contributed by atoms with E-state index < -0.39 is 12.0 Å². The number of para-hydroxylation sites is 1. The Morgan fingerprint density at radius 1 is 1.30 bits per heavy atom. The van der Waals surface area contributed by atoms with Crippen molar-refractivity contribution in [1.29, 1.82) is 0 Å². The topological polar surface area (TPSA) is 84.9 Å². The maximum absolute atomic E-state index is 11.3. The molecule has 0 aliphatic rings. The monoisotopic (exact) mass is 323 g/mol. The second-order valence-electron chi connectivity index (χ2n) is 5.77. The van der Waals surface area contributed by atoms with Crippen molar-refractivity contribution in [1.82, 2.24) is 5.32 Å². The van der Waals surface area contributed by atoms with E-state index in [1.54, 1.807) is 18.2 Å². The molecule has 1 atom stereocenters. The van der Waals surface area contributed by atoms with Crippen LogP contribution in [0.3, 0.4) is 0 Å². The molecular weight excluding hydrogens is 298 g/mol. The van der Waals surface area contributed by atoms with Crippen LogP contribution in [-0.2, 0) is 16.0 Å². The maximum atomic E-state index is 11.3. The molecule has 1 unspecified atom stereocenters. The molecule has 0 aliphatic carbocycles. The lowest BCUT2D eigenvalue weighted by Crippen LogP contribution is -2.41. The summed E-state index contributed by atoms with van der Waals surface area (Å²) in [6.07, 6.45) is 1.01. The van der Waals surface area contributed by atoms with Gasteiger partial charge < -0.3 is 19.9 Å². The number of amides is 1. The van der Waals surface area contributed by atoms with Crippen molar-refractivity contribution in [3.63, 3.8) is 0 Å². The first-order valence-corrected chi connectivity index (χ1v) is 7.63. The Kier molecular flexibility index (Phi) is 7.38. The van der Waals surface area contributed by atoms with Gasteiger partial charge in [0.25, 0.3) is 0 Å². The molecule has 1 aromatic carbocycles. The summed E-state index contributed by atoms with van der Waals surface area (Å²) in [6, 6.07) is 4.32. The summed E-state index contributed by atoms with van der Waals surface area (Å²) in [5.74, 6) is 0.114. The number of aliphatic carboxylic acids is 1. The van der Waals surface area contributed by atoms with E-state index in [2.05, 4.69) is 19.2 Å². The molecule has 6 heteroatoms. The van der Waals surface area contributed by atoms with Crippen LogP contribution in [0.1, 0.15) is 32.8 Å². The molecule has 0 bridgehead atoms. The lowest BCUT2D eigenvalue weighted by Gasteiger charge is -2.18. The second kappa shape index (κ2) is 9.02. The van der Waals surface area contributed by atoms with E-state index in [0.29, 0.717) is 29.6 Å². The van der Waals surface area contributed by atoms with Gasteiger partial charge in [0.1, 0.15) is 6.04 Å². The highest BCUT2D eigenvalue weighted by Crippen LogP contribution is 2.32. The average molecular weight is 323 g/mol. The van der Waals surface area contributed by atoms with Crippen LogP contribution >= 0.6 is 0 Å². The minimum Gasteiger partial charge on any atom is -0.493 e. The number of hydrogen-bond donors (Lipinski definition) is 2. The van der Waals surface area contributed by atoms with Gasteiger partial charge in [0, 0.05) is 18.9 Å². The molecular formula is C17H25NO5. The summed E-state index contributed by atoms with van der Waals surface area (Å²) in [6.45, 7) is 6.01. The van der Waals surface area contributed by atoms with E-state index in [1.165, 1.54) is 14.0 Å². The Bertz CT molecular complexity index is 542. The number of carboxylic acids is 1. The predicted octanol–water partition coefficient (Wildman–Crippen LogP) is 2.25. The fourth-order valence-corrected chi connectivity index (χ4v) is 2.11. The Balaban J connectivity index is 2.99. The minimum absolute atomic E-state index is 0.128. The third-order valence-corrected chi connectivity index (χ3v) is 3.32. The molecule has 0 aromatic heterocycles. The third-order valence-electron chi connectivity index (χ3n) is 3.32. The van der Waals surface area contributed by atoms with Crippen molar-refractivity contribution in [2.75, 3.05) is 13.7 Å². The Hall–Kier alpha value is -2.24. The van der Waals surface area contributed by atoms with Crippen LogP contribution in [0.5, 0.6) is 11.5 Å². The summed E-state index contributed by atoms with van der Waals surface area (Å²) in [5, 5.41) is 11.7. The van der Waals surface area contributed by atoms with Gasteiger partial charge in [-0.1, -0.05) is 26.0 Å². The summed E-state index contributed by atoms with van der Waals surface area (Å²) < 4.78 is 11.1. The highest BCUT2D eigenvalue weighted by Gasteiger charge is 2.22. The molecule has 0 fully saturated rings. The summed E-state index contributed by atoms with van der Waals surface area (Å²) in [7, 11) is 1.54. The predicted molar refractivity (Wildman–Crippen MR) is 86.9 cm³/mol. The molecule has 23 heavy (non-hydrogen) atoms. The fourth-order valence-electron chi connectivity index (χ4n) is 2.11.